The molecule has 0 saturated heterocycles. The van der Waals surface area contributed by atoms with Crippen LogP contribution in [0.15, 0.2) is 6.20 Å². The Hall–Kier alpha value is -1.08. The minimum Gasteiger partial charge on any atom is -0.393 e. The first kappa shape index (κ1) is 12.0. The van der Waals surface area contributed by atoms with E-state index < -0.39 is 0 Å². The summed E-state index contributed by atoms with van der Waals surface area (Å²) in [7, 11) is 0. The minimum absolute atomic E-state index is 0.125. The van der Waals surface area contributed by atoms with E-state index in [1.807, 2.05) is 0 Å². The largest absolute Gasteiger partial charge is 0.393 e. The maximum absolute atomic E-state index is 11.4. The highest BCUT2D eigenvalue weighted by molar-refractivity contribution is 7.80. The van der Waals surface area contributed by atoms with Crippen molar-refractivity contribution in [3.63, 3.8) is 0 Å². The van der Waals surface area contributed by atoms with Gasteiger partial charge in [-0.05, 0) is 30.8 Å². The van der Waals surface area contributed by atoms with Crippen LogP contribution in [0.4, 0.5) is 0 Å². The summed E-state index contributed by atoms with van der Waals surface area (Å²) in [4.78, 5) is 12.4. The van der Waals surface area contributed by atoms with E-state index in [1.165, 1.54) is 6.20 Å². The Balaban J connectivity index is 2.10. The van der Waals surface area contributed by atoms with E-state index in [1.54, 1.807) is 0 Å². The summed E-state index contributed by atoms with van der Waals surface area (Å²) >= 11 is 5.82. The lowest BCUT2D eigenvalue weighted by molar-refractivity contribution is 0.0957. The van der Waals surface area contributed by atoms with Crippen molar-refractivity contribution in [3.8, 4) is 0 Å². The normalized spacial score (nSPS) is 9.87. The number of unbranched alkanes of at least 4 members (excludes halogenated alkanes) is 1. The van der Waals surface area contributed by atoms with Gasteiger partial charge in [0.25, 0.3) is 5.91 Å². The van der Waals surface area contributed by atoms with E-state index in [9.17, 15) is 4.79 Å². The second-order valence-corrected chi connectivity index (χ2v) is 4.27. The molecule has 0 aliphatic carbocycles. The predicted octanol–water partition coefficient (Wildman–Crippen LogP) is 0.724. The zero-order chi connectivity index (χ0) is 11.1. The van der Waals surface area contributed by atoms with Crippen LogP contribution in [0.3, 0.4) is 0 Å². The molecule has 0 atom stereocenters. The molecule has 0 unspecified atom stereocenters. The van der Waals surface area contributed by atoms with Crippen molar-refractivity contribution in [3.05, 3.63) is 11.1 Å². The number of nitrogens with two attached hydrogens (primary N) is 1. The maximum atomic E-state index is 11.4. The number of carbonyl (C=O) groups excluding carboxylic acids is 1. The van der Waals surface area contributed by atoms with Gasteiger partial charge in [0.1, 0.15) is 4.88 Å². The highest BCUT2D eigenvalue weighted by atomic mass is 32.1. The fourth-order valence-electron chi connectivity index (χ4n) is 0.980. The second kappa shape index (κ2) is 6.41. The van der Waals surface area contributed by atoms with Crippen LogP contribution in [0.1, 0.15) is 28.9 Å². The van der Waals surface area contributed by atoms with Crippen LogP contribution >= 0.6 is 23.8 Å². The van der Waals surface area contributed by atoms with Gasteiger partial charge in [0.05, 0.1) is 11.2 Å². The van der Waals surface area contributed by atoms with Gasteiger partial charge in [-0.3, -0.25) is 4.79 Å². The van der Waals surface area contributed by atoms with Crippen molar-refractivity contribution in [2.24, 2.45) is 5.73 Å². The number of thiocarbonyl (C=S) groups is 1. The topological polar surface area (TPSA) is 80.9 Å². The number of carbonyl (C=O) groups is 1. The average molecular weight is 244 g/mol. The summed E-state index contributed by atoms with van der Waals surface area (Å²) in [6.07, 6.45) is 3.95. The first-order valence-electron chi connectivity index (χ1n) is 4.54. The van der Waals surface area contributed by atoms with Crippen molar-refractivity contribution in [2.45, 2.75) is 19.3 Å². The maximum Gasteiger partial charge on any atom is 0.264 e. The lowest BCUT2D eigenvalue weighted by Gasteiger charge is -2.02. The lowest BCUT2D eigenvalue weighted by atomic mass is 10.2. The summed E-state index contributed by atoms with van der Waals surface area (Å²) < 4.78 is 3.61. The number of rotatable bonds is 6. The summed E-state index contributed by atoms with van der Waals surface area (Å²) in [5, 5.41) is 6.35. The third-order valence-corrected chi connectivity index (χ3v) is 2.59. The molecular weight excluding hydrogens is 232 g/mol. The first-order valence-corrected chi connectivity index (χ1v) is 5.72. The molecule has 0 aliphatic rings. The van der Waals surface area contributed by atoms with Gasteiger partial charge in [0.15, 0.2) is 0 Å². The molecule has 1 aromatic rings. The molecule has 0 aromatic carbocycles. The Morgan fingerprint density at radius 2 is 2.40 bits per heavy atom. The van der Waals surface area contributed by atoms with E-state index in [2.05, 4.69) is 14.9 Å². The third-order valence-electron chi connectivity index (χ3n) is 1.72. The number of nitrogens with zero attached hydrogens (tertiary/aromatic N) is 2. The van der Waals surface area contributed by atoms with Crippen molar-refractivity contribution in [1.29, 1.82) is 0 Å². The average Bonchev–Trinajstić information content (AvgIpc) is 2.69. The van der Waals surface area contributed by atoms with Gasteiger partial charge in [-0.2, -0.15) is 0 Å². The molecule has 0 saturated carbocycles. The Morgan fingerprint density at radius 3 is 3.00 bits per heavy atom. The molecule has 1 rings (SSSR count). The van der Waals surface area contributed by atoms with Crippen LogP contribution in [0.25, 0.3) is 0 Å². The van der Waals surface area contributed by atoms with Crippen LogP contribution in [-0.4, -0.2) is 27.0 Å². The Bertz CT molecular complexity index is 325. The highest BCUT2D eigenvalue weighted by Crippen LogP contribution is 2.01. The summed E-state index contributed by atoms with van der Waals surface area (Å²) in [6, 6.07) is 0. The van der Waals surface area contributed by atoms with Crippen molar-refractivity contribution in [1.82, 2.24) is 14.9 Å². The number of hydrogen-bond acceptors (Lipinski definition) is 5. The molecular formula is C8H12N4OS2. The van der Waals surface area contributed by atoms with E-state index in [0.29, 0.717) is 16.4 Å². The zero-order valence-corrected chi connectivity index (χ0v) is 9.74. The molecule has 7 heteroatoms. The smallest absolute Gasteiger partial charge is 0.264 e. The van der Waals surface area contributed by atoms with Crippen LogP contribution in [0.2, 0.25) is 0 Å². The molecule has 0 aliphatic heterocycles. The fraction of sp³-hybridized carbons (Fsp3) is 0.500. The van der Waals surface area contributed by atoms with Gasteiger partial charge >= 0.3 is 0 Å². The summed E-state index contributed by atoms with van der Waals surface area (Å²) in [6.45, 7) is 0.624. The van der Waals surface area contributed by atoms with E-state index in [0.717, 1.165) is 30.8 Å². The van der Waals surface area contributed by atoms with E-state index >= 15 is 0 Å². The van der Waals surface area contributed by atoms with Gasteiger partial charge in [-0.1, -0.05) is 16.7 Å². The molecule has 0 bridgehead atoms. The van der Waals surface area contributed by atoms with Crippen molar-refractivity contribution < 1.29 is 4.79 Å². The van der Waals surface area contributed by atoms with Gasteiger partial charge in [-0.15, -0.1) is 5.10 Å². The highest BCUT2D eigenvalue weighted by Gasteiger charge is 2.06. The lowest BCUT2D eigenvalue weighted by Crippen LogP contribution is -2.23. The van der Waals surface area contributed by atoms with Crippen LogP contribution in [-0.2, 0) is 0 Å². The number of nitrogens with one attached hydrogen (secondary N) is 1. The Kier molecular flexibility index (Phi) is 5.13. The van der Waals surface area contributed by atoms with Crippen LogP contribution < -0.4 is 11.1 Å². The first-order chi connectivity index (χ1) is 7.20. The van der Waals surface area contributed by atoms with E-state index in [-0.39, 0.29) is 5.91 Å². The van der Waals surface area contributed by atoms with Gasteiger partial charge in [0, 0.05) is 6.54 Å². The van der Waals surface area contributed by atoms with Crippen molar-refractivity contribution in [2.75, 3.05) is 6.54 Å². The fourth-order valence-corrected chi connectivity index (χ4v) is 1.56. The minimum atomic E-state index is -0.125. The molecule has 3 N–H and O–H groups in total. The third kappa shape index (κ3) is 4.80. The Morgan fingerprint density at radius 1 is 1.60 bits per heavy atom. The molecule has 15 heavy (non-hydrogen) atoms. The molecule has 5 nitrogen and oxygen atoms in total. The van der Waals surface area contributed by atoms with Crippen LogP contribution in [0.5, 0.6) is 0 Å². The molecule has 0 spiro atoms. The van der Waals surface area contributed by atoms with E-state index in [4.69, 9.17) is 18.0 Å². The number of aromatic nitrogens is 2. The molecule has 1 heterocycles. The quantitative estimate of drug-likeness (QED) is 0.569. The van der Waals surface area contributed by atoms with Gasteiger partial charge in [-0.25, -0.2) is 0 Å². The standard InChI is InChI=1S/C8H12N4OS2/c9-7(14)3-1-2-4-10-8(13)6-5-11-12-15-6/h5H,1-4H2,(H2,9,14)(H,10,13). The summed E-state index contributed by atoms with van der Waals surface area (Å²) in [5.74, 6) is -0.125. The molecule has 0 radical (unpaired) electrons. The molecule has 0 fully saturated rings. The van der Waals surface area contributed by atoms with Crippen LogP contribution in [0, 0.1) is 0 Å². The van der Waals surface area contributed by atoms with Gasteiger partial charge in [0.2, 0.25) is 0 Å². The molecule has 1 amide bonds. The zero-order valence-electron chi connectivity index (χ0n) is 8.10. The number of amides is 1. The summed E-state index contributed by atoms with van der Waals surface area (Å²) in [5.41, 5.74) is 5.34. The SMILES string of the molecule is NC(=S)CCCCNC(=O)c1cnns1. The number of hydrogen-bond donors (Lipinski definition) is 2. The van der Waals surface area contributed by atoms with Gasteiger partial charge < -0.3 is 11.1 Å². The molecule has 82 valence electrons. The predicted molar refractivity (Wildman–Crippen MR) is 62.9 cm³/mol. The Labute approximate surface area is 97.2 Å². The molecule has 1 aromatic heterocycles. The van der Waals surface area contributed by atoms with Crippen molar-refractivity contribution >= 4 is 34.6 Å². The second-order valence-electron chi connectivity index (χ2n) is 2.96. The monoisotopic (exact) mass is 244 g/mol.